The molecule has 0 amide bonds. The predicted molar refractivity (Wildman–Crippen MR) is 145 cm³/mol. The van der Waals surface area contributed by atoms with E-state index in [4.69, 9.17) is 0 Å². The van der Waals surface area contributed by atoms with Crippen molar-refractivity contribution in [2.75, 3.05) is 0 Å². The summed E-state index contributed by atoms with van der Waals surface area (Å²) < 4.78 is -2.46. The van der Waals surface area contributed by atoms with Crippen LogP contribution in [0.1, 0.15) is 0 Å². The van der Waals surface area contributed by atoms with E-state index in [1.165, 1.54) is 0 Å². The third-order valence-electron chi connectivity index (χ3n) is 2.05. The first kappa shape index (κ1) is 27.7. The van der Waals surface area contributed by atoms with Crippen molar-refractivity contribution in [3.63, 3.8) is 0 Å². The fourth-order valence-corrected chi connectivity index (χ4v) is 11.7. The van der Waals surface area contributed by atoms with Gasteiger partial charge in [-0.25, -0.2) is 0 Å². The molecule has 0 N–H and O–H groups in total. The van der Waals surface area contributed by atoms with Crippen LogP contribution in [0, 0.1) is 7.47 Å². The van der Waals surface area contributed by atoms with Crippen LogP contribution >= 0.6 is 223 Å². The molecule has 2 radical (unpaired) electrons. The highest BCUT2D eigenvalue weighted by Gasteiger charge is 2.72. The quantitative estimate of drug-likeness (QED) is 0.233. The molecule has 0 aromatic heterocycles. The Morgan fingerprint density at radius 3 is 0.714 bits per heavy atom. The van der Waals surface area contributed by atoms with Gasteiger partial charge in [-0.2, -0.15) is 0 Å². The van der Waals surface area contributed by atoms with Crippen LogP contribution in [-0.2, 0) is 0 Å². The molecule has 0 aliphatic heterocycles. The third-order valence-corrected chi connectivity index (χ3v) is 28.3. The zero-order valence-corrected chi connectivity index (χ0v) is 31.0. The van der Waals surface area contributed by atoms with E-state index in [-0.39, 0.29) is 0 Å². The van der Waals surface area contributed by atoms with Crippen LogP contribution in [-0.4, -0.2) is 16.2 Å². The van der Waals surface area contributed by atoms with E-state index in [0.29, 0.717) is 0 Å². The van der Waals surface area contributed by atoms with Gasteiger partial charge < -0.3 is 0 Å². The molecule has 0 aromatic rings. The smallest absolute Gasteiger partial charge is 0.0675 e. The Morgan fingerprint density at radius 1 is 0.381 bits per heavy atom. The predicted octanol–water partition coefficient (Wildman–Crippen LogP) is 11.0. The van der Waals surface area contributed by atoms with Crippen LogP contribution in [0.2, 0.25) is 0 Å². The standard InChI is InChI=1S/C7Br14/c8-1(9)3(12,13)5(16,17)7(20,21)6(18,19)4(14,15)2(10)11. The molecule has 0 aliphatic rings. The van der Waals surface area contributed by atoms with Gasteiger partial charge >= 0.3 is 0 Å². The zero-order chi connectivity index (χ0) is 17.7. The van der Waals surface area contributed by atoms with Crippen molar-refractivity contribution in [3.05, 3.63) is 7.47 Å². The van der Waals surface area contributed by atoms with Crippen molar-refractivity contribution in [2.24, 2.45) is 0 Å². The Morgan fingerprint density at radius 2 is 0.571 bits per heavy atom. The van der Waals surface area contributed by atoms with Crippen LogP contribution in [0.3, 0.4) is 0 Å². The van der Waals surface area contributed by atoms with Crippen LogP contribution < -0.4 is 0 Å². The van der Waals surface area contributed by atoms with Gasteiger partial charge in [0.05, 0.1) is 0 Å². The van der Waals surface area contributed by atoms with E-state index < -0.39 is 16.2 Å². The molecule has 126 valence electrons. The maximum absolute atomic E-state index is 3.73. The van der Waals surface area contributed by atoms with Gasteiger partial charge in [0.15, 0.2) is 0 Å². The van der Waals surface area contributed by atoms with E-state index in [1.54, 1.807) is 0 Å². The first-order valence-corrected chi connectivity index (χ1v) is 15.2. The minimum atomic E-state index is -0.834. The largest absolute Gasteiger partial charge is 0.135 e. The molecule has 0 saturated heterocycles. The van der Waals surface area contributed by atoms with Gasteiger partial charge in [0.25, 0.3) is 0 Å². The molecule has 0 fully saturated rings. The number of alkyl halides is 10. The molecule has 0 atom stereocenters. The van der Waals surface area contributed by atoms with E-state index in [0.717, 1.165) is 7.47 Å². The second-order valence-electron chi connectivity index (χ2n) is 3.39. The van der Waals surface area contributed by atoms with Gasteiger partial charge in [-0.05, 0) is 0 Å². The normalized spacial score (nSPS) is 16.0. The van der Waals surface area contributed by atoms with Crippen LogP contribution in [0.15, 0.2) is 0 Å². The molecule has 0 aromatic carbocycles. The Labute approximate surface area is 241 Å². The van der Waals surface area contributed by atoms with Crippen molar-refractivity contribution in [1.29, 1.82) is 0 Å². The highest BCUT2D eigenvalue weighted by molar-refractivity contribution is 9.37. The number of hydrogen-bond donors (Lipinski definition) is 0. The molecule has 0 unspecified atom stereocenters. The van der Waals surface area contributed by atoms with Crippen LogP contribution in [0.25, 0.3) is 0 Å². The lowest BCUT2D eigenvalue weighted by Gasteiger charge is -2.52. The summed E-state index contributed by atoms with van der Waals surface area (Å²) >= 11 is 50.5. The highest BCUT2D eigenvalue weighted by atomic mass is 79.9. The Hall–Kier alpha value is 6.72. The molecular formula is C7Br14. The van der Waals surface area contributed by atoms with Crippen molar-refractivity contribution in [1.82, 2.24) is 0 Å². The SMILES string of the molecule is Br[C](Br)C(Br)(Br)C(Br)(Br)C(Br)(Br)C(Br)(Br)C(Br)(Br)[C](Br)Br. The summed E-state index contributed by atoms with van der Waals surface area (Å²) in [6.45, 7) is 0. The van der Waals surface area contributed by atoms with Crippen molar-refractivity contribution in [2.45, 2.75) is 16.2 Å². The molecule has 21 heavy (non-hydrogen) atoms. The summed E-state index contributed by atoms with van der Waals surface area (Å²) in [7, 11) is 0. The monoisotopic (exact) mass is 1190 g/mol. The molecule has 0 heterocycles. The highest BCUT2D eigenvalue weighted by Crippen LogP contribution is 2.74. The molecule has 0 nitrogen and oxygen atoms in total. The lowest BCUT2D eigenvalue weighted by atomic mass is 10.1. The molecule has 0 saturated carbocycles. The van der Waals surface area contributed by atoms with Gasteiger partial charge in [0.2, 0.25) is 0 Å². The maximum Gasteiger partial charge on any atom is 0.135 e. The average Bonchev–Trinajstić information content (AvgIpc) is 2.27. The van der Waals surface area contributed by atoms with E-state index >= 15 is 0 Å². The van der Waals surface area contributed by atoms with Gasteiger partial charge in [0, 0.05) is 0 Å². The first-order valence-electron chi connectivity index (χ1n) is 4.15. The fraction of sp³-hybridized carbons (Fsp3) is 0.714. The Bertz CT molecular complexity index is 334. The van der Waals surface area contributed by atoms with Gasteiger partial charge in [-0.15, -0.1) is 0 Å². The lowest BCUT2D eigenvalue weighted by molar-refractivity contribution is 0.671. The van der Waals surface area contributed by atoms with E-state index in [2.05, 4.69) is 223 Å². The average molecular weight is 1200 g/mol. The topological polar surface area (TPSA) is 0 Å². The first-order chi connectivity index (χ1) is 8.89. The molecule has 14 heteroatoms. The van der Waals surface area contributed by atoms with Crippen LogP contribution in [0.4, 0.5) is 0 Å². The summed E-state index contributed by atoms with van der Waals surface area (Å²) in [5, 5.41) is 0. The van der Waals surface area contributed by atoms with Crippen molar-refractivity contribution < 1.29 is 0 Å². The zero-order valence-electron chi connectivity index (χ0n) is 8.79. The summed E-state index contributed by atoms with van der Waals surface area (Å²) in [5.74, 6) is 0. The Balaban J connectivity index is 6.09. The molecule has 0 aliphatic carbocycles. The maximum atomic E-state index is 3.73. The third kappa shape index (κ3) is 5.45. The van der Waals surface area contributed by atoms with Gasteiger partial charge in [-0.3, -0.25) is 0 Å². The molecular weight excluding hydrogens is 1200 g/mol. The van der Waals surface area contributed by atoms with Crippen molar-refractivity contribution in [3.8, 4) is 0 Å². The molecule has 0 rings (SSSR count). The molecule has 0 bridgehead atoms. The van der Waals surface area contributed by atoms with Gasteiger partial charge in [-0.1, -0.05) is 223 Å². The Kier molecular flexibility index (Phi) is 12.8. The number of hydrogen-bond acceptors (Lipinski definition) is 0. The fourth-order valence-electron chi connectivity index (χ4n) is 0.829. The minimum Gasteiger partial charge on any atom is -0.0675 e. The van der Waals surface area contributed by atoms with Crippen LogP contribution in [0.5, 0.6) is 0 Å². The molecule has 0 spiro atoms. The minimum absolute atomic E-state index is 0.729. The number of rotatable bonds is 6. The van der Waals surface area contributed by atoms with E-state index in [1.807, 2.05) is 0 Å². The van der Waals surface area contributed by atoms with E-state index in [9.17, 15) is 0 Å². The van der Waals surface area contributed by atoms with Crippen molar-refractivity contribution >= 4 is 223 Å². The lowest BCUT2D eigenvalue weighted by Crippen LogP contribution is -2.61. The second-order valence-corrected chi connectivity index (χ2v) is 25.9. The summed E-state index contributed by atoms with van der Waals surface area (Å²) in [5.41, 5.74) is 0. The summed E-state index contributed by atoms with van der Waals surface area (Å²) in [6, 6.07) is 0. The summed E-state index contributed by atoms with van der Waals surface area (Å²) in [4.78, 5) is 0. The number of halogens is 14. The second kappa shape index (κ2) is 9.69. The van der Waals surface area contributed by atoms with Gasteiger partial charge in [0.1, 0.15) is 23.6 Å². The summed E-state index contributed by atoms with van der Waals surface area (Å²) in [6.07, 6.45) is 0.